The fourth-order valence-corrected chi connectivity index (χ4v) is 2.89. The van der Waals surface area contributed by atoms with Crippen LogP contribution in [0.2, 0.25) is 0 Å². The van der Waals surface area contributed by atoms with Crippen molar-refractivity contribution in [2.75, 3.05) is 13.3 Å². The van der Waals surface area contributed by atoms with Crippen LogP contribution in [0, 0.1) is 5.82 Å². The molecular weight excluding hydrogens is 281 g/mol. The van der Waals surface area contributed by atoms with Crippen molar-refractivity contribution in [2.45, 2.75) is 24.6 Å². The van der Waals surface area contributed by atoms with Crippen LogP contribution in [0.25, 0.3) is 11.0 Å². The Bertz CT molecular complexity index is 734. The highest BCUT2D eigenvalue weighted by Gasteiger charge is 2.41. The van der Waals surface area contributed by atoms with Crippen molar-refractivity contribution in [3.8, 4) is 0 Å². The van der Waals surface area contributed by atoms with Crippen LogP contribution in [0.1, 0.15) is 25.6 Å². The van der Waals surface area contributed by atoms with E-state index in [1.54, 1.807) is 27.0 Å². The first-order chi connectivity index (χ1) is 9.16. The van der Waals surface area contributed by atoms with Crippen LogP contribution in [0.5, 0.6) is 0 Å². The monoisotopic (exact) mass is 299 g/mol. The number of sulfone groups is 1. The quantitative estimate of drug-likeness (QED) is 0.943. The molecule has 0 saturated heterocycles. The number of furan rings is 1. The molecule has 6 heteroatoms. The SMILES string of the molecule is CNC(c1cc2cc(F)ccc2o1)C(C)(C)S(C)(=O)=O. The standard InChI is InChI=1S/C14H18FNO3S/c1-14(2,20(4,17)18)13(16-3)12-8-9-7-10(15)5-6-11(9)19-12/h5-8,13,16H,1-4H3. The molecule has 0 radical (unpaired) electrons. The highest BCUT2D eigenvalue weighted by Crippen LogP contribution is 2.35. The zero-order chi connectivity index (χ0) is 15.1. The van der Waals surface area contributed by atoms with Crippen LogP contribution in [0.3, 0.4) is 0 Å². The minimum Gasteiger partial charge on any atom is -0.459 e. The lowest BCUT2D eigenvalue weighted by Gasteiger charge is -2.30. The fraction of sp³-hybridized carbons (Fsp3) is 0.429. The van der Waals surface area contributed by atoms with Gasteiger partial charge in [-0.15, -0.1) is 0 Å². The third kappa shape index (κ3) is 2.45. The van der Waals surface area contributed by atoms with E-state index in [9.17, 15) is 12.8 Å². The molecule has 1 atom stereocenters. The second kappa shape index (κ2) is 4.86. The second-order valence-corrected chi connectivity index (χ2v) is 8.02. The summed E-state index contributed by atoms with van der Waals surface area (Å²) in [5, 5.41) is 3.59. The van der Waals surface area contributed by atoms with Crippen LogP contribution in [0.15, 0.2) is 28.7 Å². The Morgan fingerprint density at radius 3 is 2.50 bits per heavy atom. The molecule has 1 heterocycles. The van der Waals surface area contributed by atoms with Crippen LogP contribution < -0.4 is 5.32 Å². The lowest BCUT2D eigenvalue weighted by molar-refractivity contribution is 0.380. The molecular formula is C14H18FNO3S. The van der Waals surface area contributed by atoms with E-state index < -0.39 is 20.6 Å². The predicted molar refractivity (Wildman–Crippen MR) is 76.9 cm³/mol. The Kier molecular flexibility index (Phi) is 3.64. The van der Waals surface area contributed by atoms with E-state index >= 15 is 0 Å². The first-order valence-electron chi connectivity index (χ1n) is 6.22. The third-order valence-electron chi connectivity index (χ3n) is 3.72. The molecule has 0 amide bonds. The van der Waals surface area contributed by atoms with Crippen molar-refractivity contribution in [2.24, 2.45) is 0 Å². The van der Waals surface area contributed by atoms with Gasteiger partial charge in [0.25, 0.3) is 0 Å². The minimum absolute atomic E-state index is 0.353. The number of benzene rings is 1. The number of nitrogens with one attached hydrogen (secondary N) is 1. The van der Waals surface area contributed by atoms with Gasteiger partial charge in [-0.3, -0.25) is 0 Å². The van der Waals surface area contributed by atoms with Crippen LogP contribution in [-0.2, 0) is 9.84 Å². The molecule has 2 aromatic rings. The first kappa shape index (κ1) is 15.0. The van der Waals surface area contributed by atoms with Gasteiger partial charge < -0.3 is 9.73 Å². The Balaban J connectivity index is 2.55. The van der Waals surface area contributed by atoms with Gasteiger partial charge in [0, 0.05) is 11.6 Å². The Morgan fingerprint density at radius 1 is 1.30 bits per heavy atom. The maximum absolute atomic E-state index is 13.2. The molecule has 2 rings (SSSR count). The van der Waals surface area contributed by atoms with Gasteiger partial charge >= 0.3 is 0 Å². The van der Waals surface area contributed by atoms with E-state index in [4.69, 9.17) is 4.42 Å². The Labute approximate surface area is 117 Å². The molecule has 4 nitrogen and oxygen atoms in total. The summed E-state index contributed by atoms with van der Waals surface area (Å²) >= 11 is 0. The van der Waals surface area contributed by atoms with Crippen molar-refractivity contribution in [1.29, 1.82) is 0 Å². The van der Waals surface area contributed by atoms with Crippen molar-refractivity contribution in [1.82, 2.24) is 5.32 Å². The van der Waals surface area contributed by atoms with Crippen LogP contribution in [-0.4, -0.2) is 26.5 Å². The molecule has 0 aliphatic carbocycles. The van der Waals surface area contributed by atoms with Gasteiger partial charge in [0.1, 0.15) is 17.2 Å². The first-order valence-corrected chi connectivity index (χ1v) is 8.12. The summed E-state index contributed by atoms with van der Waals surface area (Å²) in [6.45, 7) is 3.27. The molecule has 0 spiro atoms. The highest BCUT2D eigenvalue weighted by molar-refractivity contribution is 7.92. The van der Waals surface area contributed by atoms with Gasteiger partial charge in [-0.05, 0) is 45.2 Å². The molecule has 0 fully saturated rings. The minimum atomic E-state index is -3.30. The van der Waals surface area contributed by atoms with E-state index in [-0.39, 0.29) is 5.82 Å². The lowest BCUT2D eigenvalue weighted by Crippen LogP contribution is -2.43. The largest absolute Gasteiger partial charge is 0.459 e. The lowest BCUT2D eigenvalue weighted by atomic mass is 10.0. The molecule has 0 saturated carbocycles. The highest BCUT2D eigenvalue weighted by atomic mass is 32.2. The zero-order valence-corrected chi connectivity index (χ0v) is 12.7. The number of fused-ring (bicyclic) bond motifs is 1. The van der Waals surface area contributed by atoms with Crippen molar-refractivity contribution in [3.63, 3.8) is 0 Å². The molecule has 0 bridgehead atoms. The van der Waals surface area contributed by atoms with E-state index in [0.717, 1.165) is 0 Å². The van der Waals surface area contributed by atoms with E-state index in [1.807, 2.05) is 0 Å². The predicted octanol–water partition coefficient (Wildman–Crippen LogP) is 2.66. The van der Waals surface area contributed by atoms with Gasteiger partial charge in [0.2, 0.25) is 0 Å². The molecule has 1 unspecified atom stereocenters. The van der Waals surface area contributed by atoms with Crippen molar-refractivity contribution < 1.29 is 17.2 Å². The summed E-state index contributed by atoms with van der Waals surface area (Å²) in [4.78, 5) is 0. The van der Waals surface area contributed by atoms with Crippen LogP contribution in [0.4, 0.5) is 4.39 Å². The zero-order valence-electron chi connectivity index (χ0n) is 11.9. The van der Waals surface area contributed by atoms with Gasteiger partial charge in [0.05, 0.1) is 10.8 Å². The molecule has 0 aliphatic rings. The van der Waals surface area contributed by atoms with Crippen molar-refractivity contribution >= 4 is 20.8 Å². The van der Waals surface area contributed by atoms with Crippen molar-refractivity contribution in [3.05, 3.63) is 35.8 Å². The van der Waals surface area contributed by atoms with Gasteiger partial charge in [-0.25, -0.2) is 12.8 Å². The molecule has 20 heavy (non-hydrogen) atoms. The summed E-state index contributed by atoms with van der Waals surface area (Å²) < 4.78 is 41.7. The number of hydrogen-bond acceptors (Lipinski definition) is 4. The van der Waals surface area contributed by atoms with E-state index in [1.165, 1.54) is 24.5 Å². The molecule has 110 valence electrons. The number of rotatable bonds is 4. The third-order valence-corrected chi connectivity index (χ3v) is 5.87. The molecule has 0 aliphatic heterocycles. The maximum atomic E-state index is 13.2. The summed E-state index contributed by atoms with van der Waals surface area (Å²) in [6, 6.07) is 5.36. The summed E-state index contributed by atoms with van der Waals surface area (Å²) in [7, 11) is -1.63. The van der Waals surface area contributed by atoms with Gasteiger partial charge in [0.15, 0.2) is 9.84 Å². The molecule has 1 aromatic heterocycles. The average Bonchev–Trinajstić information content (AvgIpc) is 2.70. The summed E-state index contributed by atoms with van der Waals surface area (Å²) in [6.07, 6.45) is 1.19. The van der Waals surface area contributed by atoms with Gasteiger partial charge in [-0.2, -0.15) is 0 Å². The molecule has 1 N–H and O–H groups in total. The van der Waals surface area contributed by atoms with Gasteiger partial charge in [-0.1, -0.05) is 0 Å². The Morgan fingerprint density at radius 2 is 1.95 bits per heavy atom. The average molecular weight is 299 g/mol. The molecule has 1 aromatic carbocycles. The number of hydrogen-bond donors (Lipinski definition) is 1. The smallest absolute Gasteiger partial charge is 0.154 e. The topological polar surface area (TPSA) is 59.3 Å². The Hall–Kier alpha value is -1.40. The number of halogens is 1. The second-order valence-electron chi connectivity index (χ2n) is 5.43. The van der Waals surface area contributed by atoms with Crippen LogP contribution >= 0.6 is 0 Å². The summed E-state index contributed by atoms with van der Waals surface area (Å²) in [5.74, 6) is 0.122. The normalized spacial score (nSPS) is 14.7. The summed E-state index contributed by atoms with van der Waals surface area (Å²) in [5.41, 5.74) is 0.533. The fourth-order valence-electron chi connectivity index (χ4n) is 2.22. The van der Waals surface area contributed by atoms with E-state index in [0.29, 0.717) is 16.7 Å². The maximum Gasteiger partial charge on any atom is 0.154 e. The van der Waals surface area contributed by atoms with E-state index in [2.05, 4.69) is 5.32 Å².